The highest BCUT2D eigenvalue weighted by Gasteiger charge is 2.30. The number of amides is 2. The van der Waals surface area contributed by atoms with Crippen molar-refractivity contribution in [3.8, 4) is 11.1 Å². The number of hydrogen-bond donors (Lipinski definition) is 3. The minimum absolute atomic E-state index is 0.00641. The second-order valence-electron chi connectivity index (χ2n) is 10.1. The topological polar surface area (TPSA) is 149 Å². The van der Waals surface area contributed by atoms with Crippen LogP contribution in [0.5, 0.6) is 0 Å². The molecule has 0 saturated heterocycles. The molecule has 1 unspecified atom stereocenters. The summed E-state index contributed by atoms with van der Waals surface area (Å²) in [5.41, 5.74) is 5.11. The molecule has 3 N–H and O–H groups in total. The number of aliphatic carboxylic acids is 1. The Balaban J connectivity index is 1.27. The number of carboxylic acid groups (broad SMARTS) is 1. The molecule has 1 atom stereocenters. The van der Waals surface area contributed by atoms with Gasteiger partial charge in [0.15, 0.2) is 0 Å². The maximum Gasteiger partial charge on any atom is 0.407 e. The largest absolute Gasteiger partial charge is 0.480 e. The van der Waals surface area contributed by atoms with Gasteiger partial charge in [-0.25, -0.2) is 14.4 Å². The van der Waals surface area contributed by atoms with E-state index in [1.165, 1.54) is 0 Å². The Morgan fingerprint density at radius 3 is 2.09 bits per heavy atom. The number of fused-ring (bicyclic) bond motifs is 3. The number of carbonyl (C=O) groups excluding carboxylic acids is 3. The maximum atomic E-state index is 13.0. The standard InChI is InChI=1S/C33H36N2O9/c36-30(34-16-17-41-18-19-42-22-31(37)38)15-14-29(32(39)43-20-23-8-2-1-3-9-23)35-33(40)44-21-28-26-12-6-4-10-24(26)25-11-5-7-13-27(25)28/h1-13,28-29H,14-22H2,(H,34,36)(H,35,40)(H,37,38). The molecule has 0 aromatic heterocycles. The van der Waals surface area contributed by atoms with Crippen molar-refractivity contribution in [1.82, 2.24) is 10.6 Å². The fraction of sp³-hybridized carbons (Fsp3) is 0.333. The van der Waals surface area contributed by atoms with Gasteiger partial charge in [0.2, 0.25) is 5.91 Å². The highest BCUT2D eigenvalue weighted by Crippen LogP contribution is 2.44. The van der Waals surface area contributed by atoms with Crippen LogP contribution in [0.4, 0.5) is 4.79 Å². The third-order valence-corrected chi connectivity index (χ3v) is 6.97. The summed E-state index contributed by atoms with van der Waals surface area (Å²) in [6.45, 7) is 0.398. The van der Waals surface area contributed by atoms with Gasteiger partial charge in [-0.1, -0.05) is 78.9 Å². The molecular weight excluding hydrogens is 568 g/mol. The van der Waals surface area contributed by atoms with Crippen LogP contribution < -0.4 is 10.6 Å². The van der Waals surface area contributed by atoms with E-state index in [9.17, 15) is 19.2 Å². The normalized spacial score (nSPS) is 12.5. The number of hydrogen-bond acceptors (Lipinski definition) is 8. The van der Waals surface area contributed by atoms with Gasteiger partial charge in [0.1, 0.15) is 25.9 Å². The zero-order valence-corrected chi connectivity index (χ0v) is 24.2. The Morgan fingerprint density at radius 1 is 0.773 bits per heavy atom. The fourth-order valence-electron chi connectivity index (χ4n) is 4.87. The number of carbonyl (C=O) groups is 4. The lowest BCUT2D eigenvalue weighted by Gasteiger charge is -2.19. The fourth-order valence-corrected chi connectivity index (χ4v) is 4.87. The molecule has 0 heterocycles. The molecule has 1 aliphatic rings. The molecular formula is C33H36N2O9. The molecule has 11 heteroatoms. The number of esters is 1. The zero-order valence-electron chi connectivity index (χ0n) is 24.2. The monoisotopic (exact) mass is 604 g/mol. The van der Waals surface area contributed by atoms with Gasteiger partial charge in [-0.2, -0.15) is 0 Å². The number of carboxylic acids is 1. The number of alkyl carbamates (subject to hydrolysis) is 1. The van der Waals surface area contributed by atoms with Gasteiger partial charge in [-0.15, -0.1) is 0 Å². The second-order valence-corrected chi connectivity index (χ2v) is 10.1. The van der Waals surface area contributed by atoms with Crippen molar-refractivity contribution in [2.24, 2.45) is 0 Å². The van der Waals surface area contributed by atoms with Gasteiger partial charge >= 0.3 is 18.0 Å². The van der Waals surface area contributed by atoms with E-state index in [-0.39, 0.29) is 64.2 Å². The van der Waals surface area contributed by atoms with Crippen LogP contribution in [-0.4, -0.2) is 74.7 Å². The molecule has 232 valence electrons. The van der Waals surface area contributed by atoms with E-state index >= 15 is 0 Å². The summed E-state index contributed by atoms with van der Waals surface area (Å²) in [4.78, 5) is 48.7. The summed E-state index contributed by atoms with van der Waals surface area (Å²) in [6, 6.07) is 24.0. The first-order valence-corrected chi connectivity index (χ1v) is 14.4. The molecule has 3 aromatic rings. The van der Waals surface area contributed by atoms with Crippen molar-refractivity contribution in [2.75, 3.05) is 39.6 Å². The first kappa shape index (κ1) is 32.2. The zero-order chi connectivity index (χ0) is 31.1. The van der Waals surface area contributed by atoms with Crippen molar-refractivity contribution in [3.05, 3.63) is 95.6 Å². The van der Waals surface area contributed by atoms with E-state index < -0.39 is 30.7 Å². The first-order valence-electron chi connectivity index (χ1n) is 14.4. The van der Waals surface area contributed by atoms with Crippen LogP contribution in [0.3, 0.4) is 0 Å². The SMILES string of the molecule is O=C(O)COCCOCCNC(=O)CCC(NC(=O)OCC1c2ccccc2-c2ccccc21)C(=O)OCc1ccccc1. The molecule has 11 nitrogen and oxygen atoms in total. The molecule has 1 aliphatic carbocycles. The smallest absolute Gasteiger partial charge is 0.407 e. The van der Waals surface area contributed by atoms with Gasteiger partial charge in [0.05, 0.1) is 19.8 Å². The summed E-state index contributed by atoms with van der Waals surface area (Å²) in [5, 5.41) is 13.8. The van der Waals surface area contributed by atoms with Gasteiger partial charge < -0.3 is 34.7 Å². The van der Waals surface area contributed by atoms with E-state index in [4.69, 9.17) is 24.1 Å². The van der Waals surface area contributed by atoms with Crippen molar-refractivity contribution in [1.29, 1.82) is 0 Å². The Labute approximate surface area is 255 Å². The summed E-state index contributed by atoms with van der Waals surface area (Å²) >= 11 is 0. The average molecular weight is 605 g/mol. The Morgan fingerprint density at radius 2 is 1.41 bits per heavy atom. The van der Waals surface area contributed by atoms with Crippen LogP contribution >= 0.6 is 0 Å². The highest BCUT2D eigenvalue weighted by molar-refractivity contribution is 5.83. The minimum atomic E-state index is -1.11. The van der Waals surface area contributed by atoms with Crippen LogP contribution in [0.25, 0.3) is 11.1 Å². The molecule has 3 aromatic carbocycles. The Hall–Kier alpha value is -4.74. The van der Waals surface area contributed by atoms with Crippen LogP contribution in [-0.2, 0) is 39.9 Å². The van der Waals surface area contributed by atoms with Crippen molar-refractivity contribution >= 4 is 23.9 Å². The molecule has 44 heavy (non-hydrogen) atoms. The lowest BCUT2D eigenvalue weighted by atomic mass is 9.98. The molecule has 0 bridgehead atoms. The summed E-state index contributed by atoms with van der Waals surface area (Å²) in [7, 11) is 0. The summed E-state index contributed by atoms with van der Waals surface area (Å²) in [6.07, 6.45) is -0.850. The van der Waals surface area contributed by atoms with Crippen LogP contribution in [0.15, 0.2) is 78.9 Å². The van der Waals surface area contributed by atoms with Crippen LogP contribution in [0, 0.1) is 0 Å². The van der Waals surface area contributed by atoms with Gasteiger partial charge in [-0.05, 0) is 34.2 Å². The minimum Gasteiger partial charge on any atom is -0.480 e. The number of nitrogens with one attached hydrogen (secondary N) is 2. The Kier molecular flexibility index (Phi) is 12.3. The molecule has 0 spiro atoms. The number of ether oxygens (including phenoxy) is 4. The van der Waals surface area contributed by atoms with Crippen molar-refractivity contribution < 1.29 is 43.2 Å². The van der Waals surface area contributed by atoms with Gasteiger partial charge in [0.25, 0.3) is 0 Å². The third-order valence-electron chi connectivity index (χ3n) is 6.97. The quantitative estimate of drug-likeness (QED) is 0.155. The van der Waals surface area contributed by atoms with Crippen molar-refractivity contribution in [2.45, 2.75) is 31.4 Å². The molecule has 4 rings (SSSR count). The third kappa shape index (κ3) is 9.65. The van der Waals surface area contributed by atoms with E-state index in [0.29, 0.717) is 0 Å². The van der Waals surface area contributed by atoms with E-state index in [1.54, 1.807) is 0 Å². The lowest BCUT2D eigenvalue weighted by Crippen LogP contribution is -2.43. The predicted octanol–water partition coefficient (Wildman–Crippen LogP) is 3.65. The Bertz CT molecular complexity index is 1370. The van der Waals surface area contributed by atoms with E-state index in [2.05, 4.69) is 10.6 Å². The molecule has 0 aliphatic heterocycles. The average Bonchev–Trinajstić information content (AvgIpc) is 3.36. The number of benzene rings is 3. The maximum absolute atomic E-state index is 13.0. The molecule has 0 fully saturated rings. The van der Waals surface area contributed by atoms with Gasteiger partial charge in [0, 0.05) is 18.9 Å². The summed E-state index contributed by atoms with van der Waals surface area (Å²) in [5.74, 6) is -2.23. The summed E-state index contributed by atoms with van der Waals surface area (Å²) < 4.78 is 21.2. The molecule has 0 radical (unpaired) electrons. The molecule has 2 amide bonds. The second kappa shape index (κ2) is 16.8. The van der Waals surface area contributed by atoms with E-state index in [1.807, 2.05) is 78.9 Å². The first-order chi connectivity index (χ1) is 21.4. The van der Waals surface area contributed by atoms with Crippen LogP contribution in [0.2, 0.25) is 0 Å². The van der Waals surface area contributed by atoms with Gasteiger partial charge in [-0.3, -0.25) is 4.79 Å². The van der Waals surface area contributed by atoms with Crippen LogP contribution in [0.1, 0.15) is 35.4 Å². The number of rotatable bonds is 17. The van der Waals surface area contributed by atoms with Crippen molar-refractivity contribution in [3.63, 3.8) is 0 Å². The molecule has 0 saturated carbocycles. The highest BCUT2D eigenvalue weighted by atomic mass is 16.6. The predicted molar refractivity (Wildman–Crippen MR) is 160 cm³/mol. The van der Waals surface area contributed by atoms with E-state index in [0.717, 1.165) is 27.8 Å². The lowest BCUT2D eigenvalue weighted by molar-refractivity contribution is -0.147.